The fraction of sp³-hybridized carbons (Fsp3) is 0.300. The van der Waals surface area contributed by atoms with Crippen LogP contribution in [0.15, 0.2) is 53.3 Å². The van der Waals surface area contributed by atoms with Crippen molar-refractivity contribution in [3.8, 4) is 5.88 Å². The highest BCUT2D eigenvalue weighted by Gasteiger charge is 2.23. The van der Waals surface area contributed by atoms with E-state index in [0.717, 1.165) is 46.2 Å². The average molecular weight is 489 g/mol. The molecule has 10 heteroatoms. The molecular weight excluding hydrogens is 468 g/mol. The van der Waals surface area contributed by atoms with Crippen LogP contribution in [0.1, 0.15) is 11.3 Å². The van der Waals surface area contributed by atoms with Crippen LogP contribution in [0.4, 0.5) is 10.5 Å². The van der Waals surface area contributed by atoms with Crippen molar-refractivity contribution in [2.45, 2.75) is 13.2 Å². The van der Waals surface area contributed by atoms with Gasteiger partial charge >= 0.3 is 6.03 Å². The molecule has 3 heterocycles. The summed E-state index contributed by atoms with van der Waals surface area (Å²) in [4.78, 5) is 20.6. The van der Waals surface area contributed by atoms with Crippen molar-refractivity contribution in [1.29, 1.82) is 0 Å². The summed E-state index contributed by atoms with van der Waals surface area (Å²) in [5, 5.41) is 2.95. The number of ether oxygens (including phenoxy) is 1. The Hall–Kier alpha value is -2.56. The second-order valence-electron chi connectivity index (χ2n) is 6.86. The number of carbonyl (C=O) groups is 1. The average Bonchev–Trinajstić information content (AvgIpc) is 3.20. The summed E-state index contributed by atoms with van der Waals surface area (Å²) >= 11 is 4.57. The first-order valence-electron chi connectivity index (χ1n) is 9.54. The number of nitrogens with zero attached hydrogens (tertiary/aromatic N) is 5. The monoisotopic (exact) mass is 488 g/mol. The maximum atomic E-state index is 12.5. The molecule has 1 aliphatic heterocycles. The third-order valence-electron chi connectivity index (χ3n) is 4.76. The molecule has 1 N–H and O–H groups in total. The summed E-state index contributed by atoms with van der Waals surface area (Å²) in [6, 6.07) is 11.3. The quantitative estimate of drug-likeness (QED) is 0.570. The van der Waals surface area contributed by atoms with Gasteiger partial charge in [0.1, 0.15) is 12.3 Å². The molecule has 4 rings (SSSR count). The van der Waals surface area contributed by atoms with E-state index in [1.165, 1.54) is 0 Å². The lowest BCUT2D eigenvalue weighted by Crippen LogP contribution is -2.49. The smallest absolute Gasteiger partial charge is 0.321 e. The number of nitrogens with one attached hydrogen (secondary N) is 1. The van der Waals surface area contributed by atoms with E-state index in [-0.39, 0.29) is 6.03 Å². The number of hydrogen-bond acceptors (Lipinski definition) is 7. The van der Waals surface area contributed by atoms with Gasteiger partial charge in [0.2, 0.25) is 0 Å². The molecular formula is C20H21BrN6O2S. The van der Waals surface area contributed by atoms with E-state index >= 15 is 0 Å². The zero-order valence-electron chi connectivity index (χ0n) is 16.2. The molecule has 1 saturated heterocycles. The molecule has 0 bridgehead atoms. The summed E-state index contributed by atoms with van der Waals surface area (Å²) in [5.74, 6) is 0.576. The number of amides is 2. The van der Waals surface area contributed by atoms with Crippen LogP contribution < -0.4 is 10.1 Å². The largest absolute Gasteiger partial charge is 0.471 e. The lowest BCUT2D eigenvalue weighted by molar-refractivity contribution is 0.140. The number of piperazine rings is 1. The first-order valence-corrected chi connectivity index (χ1v) is 11.1. The van der Waals surface area contributed by atoms with Crippen LogP contribution in [0.3, 0.4) is 0 Å². The zero-order valence-corrected chi connectivity index (χ0v) is 18.6. The second kappa shape index (κ2) is 9.96. The van der Waals surface area contributed by atoms with Crippen molar-refractivity contribution in [2.24, 2.45) is 0 Å². The molecule has 0 aliphatic carbocycles. The number of pyridine rings is 1. The minimum Gasteiger partial charge on any atom is -0.471 e. The molecule has 3 aromatic rings. The lowest BCUT2D eigenvalue weighted by atomic mass is 10.3. The molecule has 0 spiro atoms. The molecule has 0 radical (unpaired) electrons. The van der Waals surface area contributed by atoms with E-state index in [9.17, 15) is 4.79 Å². The molecule has 8 nitrogen and oxygen atoms in total. The van der Waals surface area contributed by atoms with Crippen LogP contribution in [0.2, 0.25) is 0 Å². The van der Waals surface area contributed by atoms with Crippen molar-refractivity contribution in [3.63, 3.8) is 0 Å². The summed E-state index contributed by atoms with van der Waals surface area (Å²) in [5.41, 5.74) is 2.65. The number of halogens is 1. The Kier molecular flexibility index (Phi) is 6.88. The van der Waals surface area contributed by atoms with Gasteiger partial charge in [-0.05, 0) is 35.9 Å². The second-order valence-corrected chi connectivity index (χ2v) is 8.31. The normalized spacial score (nSPS) is 14.5. The van der Waals surface area contributed by atoms with Crippen LogP contribution >= 0.6 is 27.7 Å². The molecule has 0 unspecified atom stereocenters. The Morgan fingerprint density at radius 2 is 1.93 bits per heavy atom. The van der Waals surface area contributed by atoms with E-state index < -0.39 is 0 Å². The van der Waals surface area contributed by atoms with E-state index in [4.69, 9.17) is 4.74 Å². The Balaban J connectivity index is 1.26. The Morgan fingerprint density at radius 1 is 1.13 bits per heavy atom. The summed E-state index contributed by atoms with van der Waals surface area (Å²) in [6.45, 7) is 3.95. The number of rotatable bonds is 6. The standard InChI is InChI=1S/C20H21BrN6O2S/c21-16-2-1-3-17(12-16)23-20(28)27-10-8-26(9-11-27)13-18-19(25-30-24-18)29-14-15-4-6-22-7-5-15/h1-7,12H,8-11,13-14H2,(H,23,28). The maximum Gasteiger partial charge on any atom is 0.321 e. The summed E-state index contributed by atoms with van der Waals surface area (Å²) < 4.78 is 15.5. The molecule has 2 aromatic heterocycles. The fourth-order valence-electron chi connectivity index (χ4n) is 3.13. The van der Waals surface area contributed by atoms with Gasteiger partial charge in [-0.2, -0.15) is 4.37 Å². The third kappa shape index (κ3) is 5.53. The third-order valence-corrected chi connectivity index (χ3v) is 5.80. The van der Waals surface area contributed by atoms with Crippen LogP contribution in [-0.2, 0) is 13.2 Å². The molecule has 1 fully saturated rings. The van der Waals surface area contributed by atoms with Crippen molar-refractivity contribution in [2.75, 3.05) is 31.5 Å². The zero-order chi connectivity index (χ0) is 20.8. The first kappa shape index (κ1) is 20.7. The van der Waals surface area contributed by atoms with Gasteiger partial charge in [-0.25, -0.2) is 4.79 Å². The van der Waals surface area contributed by atoms with Crippen LogP contribution in [0.5, 0.6) is 5.88 Å². The number of carbonyl (C=O) groups excluding carboxylic acids is 1. The molecule has 1 aromatic carbocycles. The van der Waals surface area contributed by atoms with Gasteiger partial charge in [-0.15, -0.1) is 4.37 Å². The van der Waals surface area contributed by atoms with Crippen molar-refractivity contribution in [1.82, 2.24) is 23.5 Å². The highest BCUT2D eigenvalue weighted by Crippen LogP contribution is 2.20. The Morgan fingerprint density at radius 3 is 2.70 bits per heavy atom. The van der Waals surface area contributed by atoms with Gasteiger partial charge in [0.15, 0.2) is 0 Å². The minimum atomic E-state index is -0.0792. The predicted molar refractivity (Wildman–Crippen MR) is 118 cm³/mol. The Labute approximate surface area is 187 Å². The van der Waals surface area contributed by atoms with E-state index in [2.05, 4.69) is 39.9 Å². The highest BCUT2D eigenvalue weighted by atomic mass is 79.9. The molecule has 0 saturated carbocycles. The van der Waals surface area contributed by atoms with Crippen LogP contribution in [0, 0.1) is 0 Å². The molecule has 2 amide bonds. The van der Waals surface area contributed by atoms with Gasteiger partial charge in [0, 0.05) is 55.3 Å². The molecule has 30 heavy (non-hydrogen) atoms. The van der Waals surface area contributed by atoms with Gasteiger partial charge in [-0.3, -0.25) is 9.88 Å². The van der Waals surface area contributed by atoms with E-state index in [1.807, 2.05) is 41.3 Å². The molecule has 1 aliphatic rings. The predicted octanol–water partition coefficient (Wildman–Crippen LogP) is 3.62. The van der Waals surface area contributed by atoms with Crippen LogP contribution in [0.25, 0.3) is 0 Å². The van der Waals surface area contributed by atoms with Gasteiger partial charge in [-0.1, -0.05) is 22.0 Å². The van der Waals surface area contributed by atoms with E-state index in [0.29, 0.717) is 32.1 Å². The number of anilines is 1. The lowest BCUT2D eigenvalue weighted by Gasteiger charge is -2.34. The van der Waals surface area contributed by atoms with Gasteiger partial charge in [0.05, 0.1) is 11.7 Å². The minimum absolute atomic E-state index is 0.0792. The maximum absolute atomic E-state index is 12.5. The summed E-state index contributed by atoms with van der Waals surface area (Å²) in [7, 11) is 0. The molecule has 0 atom stereocenters. The first-order chi connectivity index (χ1) is 14.7. The fourth-order valence-corrected chi connectivity index (χ4v) is 4.03. The number of aromatic nitrogens is 3. The van der Waals surface area contributed by atoms with Crippen molar-refractivity contribution in [3.05, 3.63) is 64.5 Å². The van der Waals surface area contributed by atoms with Crippen molar-refractivity contribution < 1.29 is 9.53 Å². The van der Waals surface area contributed by atoms with Crippen molar-refractivity contribution >= 4 is 39.4 Å². The number of urea groups is 1. The van der Waals surface area contributed by atoms with Crippen LogP contribution in [-0.4, -0.2) is 55.7 Å². The topological polar surface area (TPSA) is 83.5 Å². The highest BCUT2D eigenvalue weighted by molar-refractivity contribution is 9.10. The number of hydrogen-bond donors (Lipinski definition) is 1. The molecule has 156 valence electrons. The van der Waals surface area contributed by atoms with E-state index in [1.54, 1.807) is 12.4 Å². The summed E-state index contributed by atoms with van der Waals surface area (Å²) in [6.07, 6.45) is 3.48. The van der Waals surface area contributed by atoms with Gasteiger partial charge in [0.25, 0.3) is 5.88 Å². The SMILES string of the molecule is O=C(Nc1cccc(Br)c1)N1CCN(Cc2nsnc2OCc2ccncc2)CC1. The number of benzene rings is 1. The van der Waals surface area contributed by atoms with Gasteiger partial charge < -0.3 is 15.0 Å². The Bertz CT molecular complexity index is 978.